The standard InChI is InChI=1S/C29H37ClN4O2/c1-20(2)24-9-7-10-25(21(3)4)27(24)32-29(35)34(13-12-33-14-16-36-17-15-33)19-23-18-22-8-5-6-11-26(22)31-28(23)30/h5-11,18,20-21H,12-17,19H2,1-4H3,(H,32,35). The minimum Gasteiger partial charge on any atom is -0.379 e. The smallest absolute Gasteiger partial charge is 0.322 e. The fraction of sp³-hybridized carbons (Fsp3) is 0.448. The number of nitrogens with one attached hydrogen (secondary N) is 1. The number of benzene rings is 2. The second kappa shape index (κ2) is 12.0. The van der Waals surface area contributed by atoms with Crippen LogP contribution in [-0.4, -0.2) is 60.2 Å². The number of halogens is 1. The zero-order valence-corrected chi connectivity index (χ0v) is 22.5. The number of hydrogen-bond acceptors (Lipinski definition) is 4. The Labute approximate surface area is 219 Å². The van der Waals surface area contributed by atoms with Crippen molar-refractivity contribution in [2.45, 2.75) is 46.1 Å². The second-order valence-electron chi connectivity index (χ2n) is 10.1. The first-order chi connectivity index (χ1) is 17.3. The van der Waals surface area contributed by atoms with E-state index in [2.05, 4.69) is 61.1 Å². The van der Waals surface area contributed by atoms with E-state index >= 15 is 0 Å². The molecule has 1 aliphatic heterocycles. The Bertz CT molecular complexity index is 1160. The van der Waals surface area contributed by atoms with Crippen LogP contribution >= 0.6 is 11.6 Å². The van der Waals surface area contributed by atoms with Gasteiger partial charge in [0.15, 0.2) is 0 Å². The highest BCUT2D eigenvalue weighted by molar-refractivity contribution is 6.30. The van der Waals surface area contributed by atoms with Crippen LogP contribution in [0.3, 0.4) is 0 Å². The molecule has 0 spiro atoms. The summed E-state index contributed by atoms with van der Waals surface area (Å²) in [6.07, 6.45) is 0. The Morgan fingerprint density at radius 2 is 1.72 bits per heavy atom. The fourth-order valence-corrected chi connectivity index (χ4v) is 4.88. The summed E-state index contributed by atoms with van der Waals surface area (Å²) in [7, 11) is 0. The van der Waals surface area contributed by atoms with Gasteiger partial charge in [0.25, 0.3) is 0 Å². The number of fused-ring (bicyclic) bond motifs is 1. The third kappa shape index (κ3) is 6.36. The molecule has 1 saturated heterocycles. The molecule has 3 aromatic rings. The lowest BCUT2D eigenvalue weighted by Gasteiger charge is -2.31. The number of amides is 2. The molecule has 0 bridgehead atoms. The molecule has 0 saturated carbocycles. The van der Waals surface area contributed by atoms with E-state index in [0.717, 1.165) is 66.1 Å². The lowest BCUT2D eigenvalue weighted by atomic mass is 9.93. The first kappa shape index (κ1) is 26.4. The van der Waals surface area contributed by atoms with Crippen molar-refractivity contribution in [3.05, 3.63) is 70.4 Å². The van der Waals surface area contributed by atoms with Crippen LogP contribution in [0.5, 0.6) is 0 Å². The monoisotopic (exact) mass is 508 g/mol. The summed E-state index contributed by atoms with van der Waals surface area (Å²) in [5.74, 6) is 0.583. The zero-order valence-electron chi connectivity index (χ0n) is 21.8. The van der Waals surface area contributed by atoms with Crippen molar-refractivity contribution in [2.75, 3.05) is 44.7 Å². The van der Waals surface area contributed by atoms with E-state index in [4.69, 9.17) is 16.3 Å². The van der Waals surface area contributed by atoms with Gasteiger partial charge in [-0.25, -0.2) is 9.78 Å². The molecule has 2 aromatic carbocycles. The number of hydrogen-bond donors (Lipinski definition) is 1. The Kier molecular flexibility index (Phi) is 8.83. The van der Waals surface area contributed by atoms with Gasteiger partial charge in [0.1, 0.15) is 5.15 Å². The predicted octanol–water partition coefficient (Wildman–Crippen LogP) is 6.50. The van der Waals surface area contributed by atoms with Crippen molar-refractivity contribution in [2.24, 2.45) is 0 Å². The third-order valence-corrected chi connectivity index (χ3v) is 7.12. The highest BCUT2D eigenvalue weighted by Gasteiger charge is 2.22. The van der Waals surface area contributed by atoms with Gasteiger partial charge in [0.05, 0.1) is 25.3 Å². The van der Waals surface area contributed by atoms with E-state index in [9.17, 15) is 4.79 Å². The van der Waals surface area contributed by atoms with Crippen molar-refractivity contribution in [1.82, 2.24) is 14.8 Å². The van der Waals surface area contributed by atoms with Gasteiger partial charge in [0.2, 0.25) is 0 Å². The zero-order chi connectivity index (χ0) is 25.7. The molecule has 1 N–H and O–H groups in total. The number of urea groups is 1. The lowest BCUT2D eigenvalue weighted by molar-refractivity contribution is 0.0349. The number of pyridine rings is 1. The van der Waals surface area contributed by atoms with Gasteiger partial charge < -0.3 is 15.0 Å². The molecular formula is C29H37ClN4O2. The number of morpholine rings is 1. The van der Waals surface area contributed by atoms with Crippen LogP contribution in [0.15, 0.2) is 48.5 Å². The van der Waals surface area contributed by atoms with Gasteiger partial charge >= 0.3 is 6.03 Å². The molecule has 1 aliphatic rings. The topological polar surface area (TPSA) is 57.7 Å². The molecule has 1 fully saturated rings. The molecule has 0 radical (unpaired) electrons. The fourth-order valence-electron chi connectivity index (χ4n) is 4.67. The van der Waals surface area contributed by atoms with Gasteiger partial charge in [-0.2, -0.15) is 0 Å². The van der Waals surface area contributed by atoms with E-state index in [1.165, 1.54) is 0 Å². The van der Waals surface area contributed by atoms with Crippen molar-refractivity contribution >= 4 is 34.2 Å². The number of carbonyl (C=O) groups excluding carboxylic acids is 1. The van der Waals surface area contributed by atoms with Crippen molar-refractivity contribution < 1.29 is 9.53 Å². The number of nitrogens with zero attached hydrogens (tertiary/aromatic N) is 3. The molecule has 2 amide bonds. The van der Waals surface area contributed by atoms with Crippen LogP contribution in [0.25, 0.3) is 10.9 Å². The molecule has 0 atom stereocenters. The molecule has 7 heteroatoms. The van der Waals surface area contributed by atoms with Gasteiger partial charge in [-0.15, -0.1) is 0 Å². The first-order valence-corrected chi connectivity index (χ1v) is 13.2. The molecule has 2 heterocycles. The predicted molar refractivity (Wildman–Crippen MR) is 148 cm³/mol. The van der Waals surface area contributed by atoms with Crippen LogP contribution in [0.2, 0.25) is 5.15 Å². The van der Waals surface area contributed by atoms with Crippen LogP contribution in [-0.2, 0) is 11.3 Å². The number of rotatable bonds is 8. The number of para-hydroxylation sites is 2. The summed E-state index contributed by atoms with van der Waals surface area (Å²) in [6, 6.07) is 16.1. The highest BCUT2D eigenvalue weighted by Crippen LogP contribution is 2.33. The normalized spacial score (nSPS) is 14.5. The van der Waals surface area contributed by atoms with E-state index in [1.807, 2.05) is 35.2 Å². The summed E-state index contributed by atoms with van der Waals surface area (Å²) in [5.41, 5.74) is 4.91. The van der Waals surface area contributed by atoms with E-state index in [-0.39, 0.29) is 6.03 Å². The van der Waals surface area contributed by atoms with Crippen LogP contribution < -0.4 is 5.32 Å². The lowest BCUT2D eigenvalue weighted by Crippen LogP contribution is -2.44. The Morgan fingerprint density at radius 3 is 2.39 bits per heavy atom. The maximum absolute atomic E-state index is 13.8. The molecule has 192 valence electrons. The van der Waals surface area contributed by atoms with E-state index in [1.54, 1.807) is 0 Å². The summed E-state index contributed by atoms with van der Waals surface area (Å²) >= 11 is 6.60. The van der Waals surface area contributed by atoms with Gasteiger partial charge in [0, 0.05) is 42.8 Å². The van der Waals surface area contributed by atoms with E-state index in [0.29, 0.717) is 30.1 Å². The first-order valence-electron chi connectivity index (χ1n) is 12.9. The summed E-state index contributed by atoms with van der Waals surface area (Å²) in [5, 5.41) is 4.73. The number of ether oxygens (including phenoxy) is 1. The maximum atomic E-state index is 13.8. The average molecular weight is 509 g/mol. The Balaban J connectivity index is 1.62. The summed E-state index contributed by atoms with van der Waals surface area (Å²) in [6.45, 7) is 13.6. The number of anilines is 1. The van der Waals surface area contributed by atoms with Gasteiger partial charge in [-0.1, -0.05) is 75.7 Å². The number of aromatic nitrogens is 1. The molecular weight excluding hydrogens is 472 g/mol. The largest absolute Gasteiger partial charge is 0.379 e. The van der Waals surface area contributed by atoms with Crippen LogP contribution in [0.1, 0.15) is 56.2 Å². The minimum atomic E-state index is -0.123. The summed E-state index contributed by atoms with van der Waals surface area (Å²) < 4.78 is 5.50. The molecule has 0 aliphatic carbocycles. The van der Waals surface area contributed by atoms with Crippen molar-refractivity contribution in [1.29, 1.82) is 0 Å². The van der Waals surface area contributed by atoms with Crippen LogP contribution in [0.4, 0.5) is 10.5 Å². The molecule has 0 unspecified atom stereocenters. The quantitative estimate of drug-likeness (QED) is 0.353. The Morgan fingerprint density at radius 1 is 1.06 bits per heavy atom. The highest BCUT2D eigenvalue weighted by atomic mass is 35.5. The Hall–Kier alpha value is -2.67. The van der Waals surface area contributed by atoms with Crippen LogP contribution in [0, 0.1) is 0 Å². The van der Waals surface area contributed by atoms with Crippen molar-refractivity contribution in [3.8, 4) is 0 Å². The van der Waals surface area contributed by atoms with Crippen molar-refractivity contribution in [3.63, 3.8) is 0 Å². The molecule has 4 rings (SSSR count). The molecule has 6 nitrogen and oxygen atoms in total. The third-order valence-electron chi connectivity index (χ3n) is 6.79. The average Bonchev–Trinajstić information content (AvgIpc) is 2.87. The second-order valence-corrected chi connectivity index (χ2v) is 10.4. The maximum Gasteiger partial charge on any atom is 0.322 e. The summed E-state index contributed by atoms with van der Waals surface area (Å²) in [4.78, 5) is 22.6. The van der Waals surface area contributed by atoms with Gasteiger partial charge in [-0.3, -0.25) is 4.90 Å². The molecule has 1 aromatic heterocycles. The number of carbonyl (C=O) groups is 1. The SMILES string of the molecule is CC(C)c1cccc(C(C)C)c1NC(=O)N(CCN1CCOCC1)Cc1cc2ccccc2nc1Cl. The van der Waals surface area contributed by atoms with Gasteiger partial charge in [-0.05, 0) is 35.1 Å². The molecule has 36 heavy (non-hydrogen) atoms. The minimum absolute atomic E-state index is 0.123. The van der Waals surface area contributed by atoms with E-state index < -0.39 is 0 Å².